The second-order valence-electron chi connectivity index (χ2n) is 6.03. The summed E-state index contributed by atoms with van der Waals surface area (Å²) >= 11 is 0. The Morgan fingerprint density at radius 2 is 1.70 bits per heavy atom. The topological polar surface area (TPSA) is 70.0 Å². The van der Waals surface area contributed by atoms with Crippen LogP contribution in [0.25, 0.3) is 21.9 Å². The van der Waals surface area contributed by atoms with Crippen molar-refractivity contribution in [2.75, 3.05) is 7.11 Å². The Bertz CT molecular complexity index is 1080. The van der Waals surface area contributed by atoms with Crippen LogP contribution in [0.4, 0.5) is 0 Å². The minimum atomic E-state index is 0.341. The molecule has 4 rings (SSSR count). The van der Waals surface area contributed by atoms with Gasteiger partial charge in [-0.05, 0) is 35.4 Å². The lowest BCUT2D eigenvalue weighted by Crippen LogP contribution is -2.02. The van der Waals surface area contributed by atoms with Gasteiger partial charge in [-0.2, -0.15) is 0 Å². The molecule has 4 aromatic rings. The van der Waals surface area contributed by atoms with Crippen molar-refractivity contribution in [1.29, 1.82) is 0 Å². The molecule has 6 nitrogen and oxygen atoms in total. The number of fused-ring (bicyclic) bond motifs is 1. The molecule has 0 radical (unpaired) electrons. The van der Waals surface area contributed by atoms with Gasteiger partial charge in [-0.25, -0.2) is 9.97 Å². The summed E-state index contributed by atoms with van der Waals surface area (Å²) in [5, 5.41) is 2.19. The molecule has 0 atom stereocenters. The van der Waals surface area contributed by atoms with Crippen LogP contribution in [0.5, 0.6) is 11.8 Å². The van der Waals surface area contributed by atoms with Crippen LogP contribution in [-0.4, -0.2) is 27.0 Å². The third kappa shape index (κ3) is 3.55. The van der Waals surface area contributed by atoms with E-state index in [9.17, 15) is 0 Å². The molecule has 134 valence electrons. The molecule has 0 unspecified atom stereocenters. The maximum absolute atomic E-state index is 6.02. The zero-order valence-corrected chi connectivity index (χ0v) is 15.1. The van der Waals surface area contributed by atoms with E-state index in [0.29, 0.717) is 12.6 Å². The smallest absolute Gasteiger partial charge is 0.316 e. The Hall–Kier alpha value is -3.54. The van der Waals surface area contributed by atoms with Gasteiger partial charge in [0.1, 0.15) is 12.4 Å². The van der Waals surface area contributed by atoms with E-state index in [1.54, 1.807) is 31.9 Å². The van der Waals surface area contributed by atoms with E-state index in [4.69, 9.17) is 9.47 Å². The van der Waals surface area contributed by atoms with Crippen LogP contribution in [0.3, 0.4) is 0 Å². The maximum Gasteiger partial charge on any atom is 0.316 e. The second kappa shape index (κ2) is 7.37. The van der Waals surface area contributed by atoms with Crippen LogP contribution in [0, 0.1) is 6.92 Å². The predicted molar refractivity (Wildman–Crippen MR) is 103 cm³/mol. The van der Waals surface area contributed by atoms with E-state index in [1.165, 1.54) is 0 Å². The van der Waals surface area contributed by atoms with Crippen molar-refractivity contribution < 1.29 is 9.47 Å². The summed E-state index contributed by atoms with van der Waals surface area (Å²) in [7, 11) is 1.55. The number of aromatic nitrogens is 4. The molecule has 0 bridgehead atoms. The van der Waals surface area contributed by atoms with Crippen molar-refractivity contribution >= 4 is 10.8 Å². The predicted octanol–water partition coefficient (Wildman–Crippen LogP) is 3.98. The van der Waals surface area contributed by atoms with Crippen LogP contribution in [0.1, 0.15) is 11.4 Å². The van der Waals surface area contributed by atoms with E-state index in [2.05, 4.69) is 32.1 Å². The van der Waals surface area contributed by atoms with Gasteiger partial charge in [0.25, 0.3) is 0 Å². The Balaban J connectivity index is 1.72. The second-order valence-corrected chi connectivity index (χ2v) is 6.03. The average Bonchev–Trinajstić information content (AvgIpc) is 2.72. The fourth-order valence-electron chi connectivity index (χ4n) is 2.90. The molecule has 0 amide bonds. The molecule has 2 aromatic carbocycles. The normalized spacial score (nSPS) is 10.7. The van der Waals surface area contributed by atoms with Gasteiger partial charge in [0, 0.05) is 30.4 Å². The fourth-order valence-corrected chi connectivity index (χ4v) is 2.90. The van der Waals surface area contributed by atoms with Gasteiger partial charge in [0.15, 0.2) is 0 Å². The monoisotopic (exact) mass is 358 g/mol. The number of aryl methyl sites for hydroxylation is 1. The van der Waals surface area contributed by atoms with Crippen molar-refractivity contribution in [3.05, 3.63) is 72.6 Å². The van der Waals surface area contributed by atoms with E-state index in [0.717, 1.165) is 39.0 Å². The molecule has 6 heteroatoms. The number of methoxy groups -OCH3 is 1. The molecule has 0 saturated carbocycles. The summed E-state index contributed by atoms with van der Waals surface area (Å²) in [4.78, 5) is 17.0. The summed E-state index contributed by atoms with van der Waals surface area (Å²) < 4.78 is 11.1. The van der Waals surface area contributed by atoms with Gasteiger partial charge in [0.05, 0.1) is 18.5 Å². The lowest BCUT2D eigenvalue weighted by Gasteiger charge is -2.12. The standard InChI is InChI=1S/C21H18N4O2/c1-14-20(23-8-7-22-14)13-27-17-9-15-5-3-4-6-18(15)19(10-17)16-11-24-21(26-2)25-12-16/h3-12H,13H2,1-2H3. The zero-order chi connectivity index (χ0) is 18.6. The summed E-state index contributed by atoms with van der Waals surface area (Å²) in [5.41, 5.74) is 3.58. The SMILES string of the molecule is COc1ncc(-c2cc(OCc3nccnc3C)cc3ccccc23)cn1. The molecule has 0 fully saturated rings. The van der Waals surface area contributed by atoms with Crippen molar-refractivity contribution in [2.45, 2.75) is 13.5 Å². The van der Waals surface area contributed by atoms with Gasteiger partial charge < -0.3 is 9.47 Å². The molecular weight excluding hydrogens is 340 g/mol. The minimum Gasteiger partial charge on any atom is -0.487 e. The van der Waals surface area contributed by atoms with Gasteiger partial charge >= 0.3 is 6.01 Å². The summed E-state index contributed by atoms with van der Waals surface area (Å²) in [6.07, 6.45) is 6.86. The van der Waals surface area contributed by atoms with Crippen LogP contribution in [0.2, 0.25) is 0 Å². The quantitative estimate of drug-likeness (QED) is 0.537. The molecule has 2 heterocycles. The molecule has 0 spiro atoms. The molecule has 0 saturated heterocycles. The number of benzene rings is 2. The molecular formula is C21H18N4O2. The van der Waals surface area contributed by atoms with E-state index >= 15 is 0 Å². The first-order valence-electron chi connectivity index (χ1n) is 8.53. The highest BCUT2D eigenvalue weighted by Crippen LogP contribution is 2.33. The highest BCUT2D eigenvalue weighted by Gasteiger charge is 2.10. The fraction of sp³-hybridized carbons (Fsp3) is 0.143. The van der Waals surface area contributed by atoms with Gasteiger partial charge in [0.2, 0.25) is 0 Å². The third-order valence-electron chi connectivity index (χ3n) is 4.32. The molecule has 0 aliphatic heterocycles. The lowest BCUT2D eigenvalue weighted by atomic mass is 10.00. The van der Waals surface area contributed by atoms with Crippen LogP contribution < -0.4 is 9.47 Å². The summed E-state index contributed by atoms with van der Waals surface area (Å²) in [6.45, 7) is 2.28. The van der Waals surface area contributed by atoms with Crippen molar-refractivity contribution in [1.82, 2.24) is 19.9 Å². The number of hydrogen-bond acceptors (Lipinski definition) is 6. The number of rotatable bonds is 5. The number of hydrogen-bond donors (Lipinski definition) is 0. The Kier molecular flexibility index (Phi) is 4.61. The highest BCUT2D eigenvalue weighted by molar-refractivity contribution is 5.97. The van der Waals surface area contributed by atoms with Crippen molar-refractivity contribution in [2.24, 2.45) is 0 Å². The van der Waals surface area contributed by atoms with Crippen LogP contribution in [-0.2, 0) is 6.61 Å². The Labute approximate surface area is 156 Å². The Morgan fingerprint density at radius 3 is 2.48 bits per heavy atom. The Morgan fingerprint density at radius 1 is 0.926 bits per heavy atom. The summed E-state index contributed by atoms with van der Waals surface area (Å²) in [6, 6.07) is 12.5. The number of nitrogens with zero attached hydrogens (tertiary/aromatic N) is 4. The van der Waals surface area contributed by atoms with Crippen LogP contribution in [0.15, 0.2) is 61.2 Å². The first-order chi connectivity index (χ1) is 13.2. The van der Waals surface area contributed by atoms with Gasteiger partial charge in [-0.1, -0.05) is 24.3 Å². The van der Waals surface area contributed by atoms with Gasteiger partial charge in [-0.15, -0.1) is 0 Å². The van der Waals surface area contributed by atoms with Crippen molar-refractivity contribution in [3.63, 3.8) is 0 Å². The van der Waals surface area contributed by atoms with E-state index < -0.39 is 0 Å². The molecule has 27 heavy (non-hydrogen) atoms. The van der Waals surface area contributed by atoms with Crippen LogP contribution >= 0.6 is 0 Å². The van der Waals surface area contributed by atoms with Gasteiger partial charge in [-0.3, -0.25) is 9.97 Å². The highest BCUT2D eigenvalue weighted by atomic mass is 16.5. The first kappa shape index (κ1) is 16.9. The summed E-state index contributed by atoms with van der Waals surface area (Å²) in [5.74, 6) is 0.754. The average molecular weight is 358 g/mol. The molecule has 0 aliphatic rings. The van der Waals surface area contributed by atoms with E-state index in [1.807, 2.05) is 31.2 Å². The maximum atomic E-state index is 6.02. The lowest BCUT2D eigenvalue weighted by molar-refractivity contribution is 0.300. The zero-order valence-electron chi connectivity index (χ0n) is 15.1. The minimum absolute atomic E-state index is 0.341. The third-order valence-corrected chi connectivity index (χ3v) is 4.32. The largest absolute Gasteiger partial charge is 0.487 e. The van der Waals surface area contributed by atoms with Crippen molar-refractivity contribution in [3.8, 4) is 22.9 Å². The molecule has 0 aliphatic carbocycles. The first-order valence-corrected chi connectivity index (χ1v) is 8.53. The molecule has 0 N–H and O–H groups in total. The number of ether oxygens (including phenoxy) is 2. The van der Waals surface area contributed by atoms with E-state index in [-0.39, 0.29) is 0 Å². The molecule has 2 aromatic heterocycles.